The van der Waals surface area contributed by atoms with E-state index < -0.39 is 0 Å². The Hall–Kier alpha value is -4.11. The van der Waals surface area contributed by atoms with Gasteiger partial charge in [0, 0.05) is 33.7 Å². The van der Waals surface area contributed by atoms with E-state index in [1.165, 1.54) is 0 Å². The van der Waals surface area contributed by atoms with E-state index in [2.05, 4.69) is 22.8 Å². The molecule has 3 heteroatoms. The average molecular weight is 404 g/mol. The quantitative estimate of drug-likeness (QED) is 0.309. The van der Waals surface area contributed by atoms with Crippen molar-refractivity contribution in [3.05, 3.63) is 121 Å². The molecule has 0 unspecified atom stereocenters. The number of hydrogen-bond donors (Lipinski definition) is 2. The maximum Gasteiger partial charge on any atom is 0.131 e. The first-order valence-corrected chi connectivity index (χ1v) is 10.2. The summed E-state index contributed by atoms with van der Waals surface area (Å²) in [6.45, 7) is 0. The molecule has 5 aromatic carbocycles. The van der Waals surface area contributed by atoms with Gasteiger partial charge < -0.3 is 10.6 Å². The Bertz CT molecular complexity index is 1270. The summed E-state index contributed by atoms with van der Waals surface area (Å²) < 4.78 is 14.5. The summed E-state index contributed by atoms with van der Waals surface area (Å²) in [5, 5.41) is 8.57. The Morgan fingerprint density at radius 1 is 0.452 bits per heavy atom. The SMILES string of the molecule is Fc1ccc(-c2c(Nc3ccccc3)cccc2Nc2ccccc2)c2ccccc12. The third-order valence-electron chi connectivity index (χ3n) is 5.31. The smallest absolute Gasteiger partial charge is 0.131 e. The largest absolute Gasteiger partial charge is 0.355 e. The molecule has 5 rings (SSSR count). The summed E-state index contributed by atoms with van der Waals surface area (Å²) in [4.78, 5) is 0. The van der Waals surface area contributed by atoms with Gasteiger partial charge in [-0.2, -0.15) is 0 Å². The Labute approximate surface area is 181 Å². The van der Waals surface area contributed by atoms with Crippen molar-refractivity contribution in [2.45, 2.75) is 0 Å². The second-order valence-corrected chi connectivity index (χ2v) is 7.35. The van der Waals surface area contributed by atoms with Crippen molar-refractivity contribution in [2.75, 3.05) is 10.6 Å². The van der Waals surface area contributed by atoms with E-state index in [1.54, 1.807) is 6.07 Å². The van der Waals surface area contributed by atoms with Crippen LogP contribution in [-0.4, -0.2) is 0 Å². The van der Waals surface area contributed by atoms with Crippen LogP contribution in [0.25, 0.3) is 21.9 Å². The van der Waals surface area contributed by atoms with E-state index in [1.807, 2.05) is 97.1 Å². The van der Waals surface area contributed by atoms with Crippen LogP contribution in [0.15, 0.2) is 115 Å². The van der Waals surface area contributed by atoms with Gasteiger partial charge in [-0.3, -0.25) is 0 Å². The highest BCUT2D eigenvalue weighted by atomic mass is 19.1. The van der Waals surface area contributed by atoms with Gasteiger partial charge in [-0.15, -0.1) is 0 Å². The molecule has 2 nitrogen and oxygen atoms in total. The van der Waals surface area contributed by atoms with Crippen LogP contribution < -0.4 is 10.6 Å². The predicted octanol–water partition coefficient (Wildman–Crippen LogP) is 8.13. The molecule has 2 N–H and O–H groups in total. The summed E-state index contributed by atoms with van der Waals surface area (Å²) in [5.74, 6) is -0.217. The molecule has 0 bridgehead atoms. The Balaban J connectivity index is 1.73. The van der Waals surface area contributed by atoms with Crippen LogP contribution in [0.2, 0.25) is 0 Å². The normalized spacial score (nSPS) is 10.7. The van der Waals surface area contributed by atoms with E-state index in [9.17, 15) is 4.39 Å². The van der Waals surface area contributed by atoms with Gasteiger partial charge in [0.1, 0.15) is 5.82 Å². The molecule has 0 saturated heterocycles. The van der Waals surface area contributed by atoms with Crippen LogP contribution in [0, 0.1) is 5.82 Å². The lowest BCUT2D eigenvalue weighted by Gasteiger charge is -2.19. The van der Waals surface area contributed by atoms with E-state index in [4.69, 9.17) is 0 Å². The van der Waals surface area contributed by atoms with Gasteiger partial charge in [0.2, 0.25) is 0 Å². The molecule has 0 atom stereocenters. The fraction of sp³-hybridized carbons (Fsp3) is 0. The zero-order valence-corrected chi connectivity index (χ0v) is 16.8. The Morgan fingerprint density at radius 3 is 1.55 bits per heavy atom. The molecule has 0 heterocycles. The van der Waals surface area contributed by atoms with Crippen molar-refractivity contribution < 1.29 is 4.39 Å². The van der Waals surface area contributed by atoms with Gasteiger partial charge in [0.25, 0.3) is 0 Å². The number of para-hydroxylation sites is 2. The number of anilines is 4. The Kier molecular flexibility index (Phi) is 5.07. The third kappa shape index (κ3) is 3.86. The number of fused-ring (bicyclic) bond motifs is 1. The maximum atomic E-state index is 14.5. The summed E-state index contributed by atoms with van der Waals surface area (Å²) in [6.07, 6.45) is 0. The second kappa shape index (κ2) is 8.33. The average Bonchev–Trinajstić information content (AvgIpc) is 2.82. The van der Waals surface area contributed by atoms with Crippen molar-refractivity contribution in [3.63, 3.8) is 0 Å². The molecule has 0 aromatic heterocycles. The lowest BCUT2D eigenvalue weighted by molar-refractivity contribution is 0.640. The van der Waals surface area contributed by atoms with E-state index in [-0.39, 0.29) is 5.82 Å². The van der Waals surface area contributed by atoms with Crippen molar-refractivity contribution in [3.8, 4) is 11.1 Å². The molecular weight excluding hydrogens is 383 g/mol. The van der Waals surface area contributed by atoms with Gasteiger partial charge in [-0.25, -0.2) is 4.39 Å². The highest BCUT2D eigenvalue weighted by Crippen LogP contribution is 2.41. The minimum Gasteiger partial charge on any atom is -0.355 e. The van der Waals surface area contributed by atoms with E-state index in [0.29, 0.717) is 5.39 Å². The van der Waals surface area contributed by atoms with Crippen molar-refractivity contribution >= 4 is 33.5 Å². The fourth-order valence-electron chi connectivity index (χ4n) is 3.89. The number of benzene rings is 5. The minimum atomic E-state index is -0.217. The molecule has 150 valence electrons. The van der Waals surface area contributed by atoms with Gasteiger partial charge in [-0.1, -0.05) is 72.8 Å². The van der Waals surface area contributed by atoms with Crippen LogP contribution >= 0.6 is 0 Å². The highest BCUT2D eigenvalue weighted by molar-refractivity contribution is 6.04. The summed E-state index contributed by atoms with van der Waals surface area (Å²) in [6, 6.07) is 37.3. The van der Waals surface area contributed by atoms with Crippen LogP contribution in [0.3, 0.4) is 0 Å². The summed E-state index contributed by atoms with van der Waals surface area (Å²) in [5.41, 5.74) is 5.84. The first kappa shape index (κ1) is 18.9. The van der Waals surface area contributed by atoms with Crippen molar-refractivity contribution in [1.29, 1.82) is 0 Å². The fourth-order valence-corrected chi connectivity index (χ4v) is 3.89. The summed E-state index contributed by atoms with van der Waals surface area (Å²) in [7, 11) is 0. The van der Waals surface area contributed by atoms with Gasteiger partial charge >= 0.3 is 0 Å². The number of hydrogen-bond acceptors (Lipinski definition) is 2. The molecule has 0 radical (unpaired) electrons. The van der Waals surface area contributed by atoms with Crippen molar-refractivity contribution in [1.82, 2.24) is 0 Å². The van der Waals surface area contributed by atoms with E-state index >= 15 is 0 Å². The first-order chi connectivity index (χ1) is 15.3. The molecule has 0 aliphatic heterocycles. The molecule has 0 spiro atoms. The van der Waals surface area contributed by atoms with Crippen LogP contribution in [-0.2, 0) is 0 Å². The molecular formula is C28H21FN2. The first-order valence-electron chi connectivity index (χ1n) is 10.2. The lowest BCUT2D eigenvalue weighted by atomic mass is 9.95. The minimum absolute atomic E-state index is 0.217. The number of nitrogens with one attached hydrogen (secondary N) is 2. The van der Waals surface area contributed by atoms with Crippen LogP contribution in [0.4, 0.5) is 27.1 Å². The van der Waals surface area contributed by atoms with Gasteiger partial charge in [0.05, 0.1) is 0 Å². The maximum absolute atomic E-state index is 14.5. The predicted molar refractivity (Wildman–Crippen MR) is 129 cm³/mol. The number of rotatable bonds is 5. The van der Waals surface area contributed by atoms with Crippen LogP contribution in [0.5, 0.6) is 0 Å². The third-order valence-corrected chi connectivity index (χ3v) is 5.31. The molecule has 31 heavy (non-hydrogen) atoms. The molecule has 5 aromatic rings. The second-order valence-electron chi connectivity index (χ2n) is 7.35. The zero-order chi connectivity index (χ0) is 21.0. The Morgan fingerprint density at radius 2 is 0.968 bits per heavy atom. The van der Waals surface area contributed by atoms with E-state index in [0.717, 1.165) is 39.3 Å². The highest BCUT2D eigenvalue weighted by Gasteiger charge is 2.16. The van der Waals surface area contributed by atoms with Gasteiger partial charge in [-0.05, 0) is 53.4 Å². The number of halogens is 1. The zero-order valence-electron chi connectivity index (χ0n) is 16.8. The molecule has 0 aliphatic rings. The lowest BCUT2D eigenvalue weighted by Crippen LogP contribution is -1.99. The standard InChI is InChI=1S/C28H21FN2/c29-25-19-18-24(22-14-7-8-15-23(22)25)28-26(30-20-10-3-1-4-11-20)16-9-17-27(28)31-21-12-5-2-6-13-21/h1-19,30-31H. The monoisotopic (exact) mass is 404 g/mol. The van der Waals surface area contributed by atoms with Crippen LogP contribution in [0.1, 0.15) is 0 Å². The molecule has 0 saturated carbocycles. The topological polar surface area (TPSA) is 24.1 Å². The summed E-state index contributed by atoms with van der Waals surface area (Å²) >= 11 is 0. The molecule has 0 amide bonds. The molecule has 0 aliphatic carbocycles. The molecule has 0 fully saturated rings. The van der Waals surface area contributed by atoms with Crippen molar-refractivity contribution in [2.24, 2.45) is 0 Å². The van der Waals surface area contributed by atoms with Gasteiger partial charge in [0.15, 0.2) is 0 Å².